The van der Waals surface area contributed by atoms with Gasteiger partial charge in [-0.15, -0.1) is 0 Å². The number of hydrogen-bond acceptors (Lipinski definition) is 7. The molecule has 1 amide bonds. The Kier molecular flexibility index (Phi) is 12.6. The van der Waals surface area contributed by atoms with Crippen LogP contribution in [0.5, 0.6) is 0 Å². The molecule has 32 heavy (non-hydrogen) atoms. The van der Waals surface area contributed by atoms with Crippen molar-refractivity contribution in [3.05, 3.63) is 0 Å². The lowest BCUT2D eigenvalue weighted by atomic mass is 9.91. The molecule has 0 aromatic carbocycles. The van der Waals surface area contributed by atoms with E-state index in [1.54, 1.807) is 14.2 Å². The molecule has 9 heteroatoms. The highest BCUT2D eigenvalue weighted by atomic mass is 32.1. The summed E-state index contributed by atoms with van der Waals surface area (Å²) in [4.78, 5) is 29.4. The number of amides is 1. The van der Waals surface area contributed by atoms with Crippen LogP contribution in [-0.4, -0.2) is 99.5 Å². The van der Waals surface area contributed by atoms with Crippen LogP contribution in [0.1, 0.15) is 46.5 Å². The summed E-state index contributed by atoms with van der Waals surface area (Å²) in [5, 5.41) is 2.95. The van der Waals surface area contributed by atoms with E-state index >= 15 is 0 Å². The Bertz CT molecular complexity index is 618. The molecule has 0 aliphatic carbocycles. The van der Waals surface area contributed by atoms with Crippen molar-refractivity contribution in [3.63, 3.8) is 0 Å². The van der Waals surface area contributed by atoms with Crippen LogP contribution in [0.3, 0.4) is 0 Å². The van der Waals surface area contributed by atoms with Gasteiger partial charge in [0.25, 0.3) is 0 Å². The fourth-order valence-electron chi connectivity index (χ4n) is 4.76. The molecule has 1 aliphatic rings. The monoisotopic (exact) mass is 473 g/mol. The first kappa shape index (κ1) is 28.7. The zero-order chi connectivity index (χ0) is 24.4. The maximum absolute atomic E-state index is 13.4. The third-order valence-corrected chi connectivity index (χ3v) is 7.21. The lowest BCUT2D eigenvalue weighted by Gasteiger charge is -2.38. The van der Waals surface area contributed by atoms with Gasteiger partial charge in [0.05, 0.1) is 36.8 Å². The summed E-state index contributed by atoms with van der Waals surface area (Å²) in [6.07, 6.45) is 2.67. The number of ether oxygens (including phenoxy) is 3. The van der Waals surface area contributed by atoms with E-state index in [9.17, 15) is 9.59 Å². The summed E-state index contributed by atoms with van der Waals surface area (Å²) in [7, 11) is 8.75. The Morgan fingerprint density at radius 2 is 1.84 bits per heavy atom. The van der Waals surface area contributed by atoms with Crippen molar-refractivity contribution in [2.24, 2.45) is 11.8 Å². The van der Waals surface area contributed by atoms with E-state index in [0.717, 1.165) is 19.3 Å². The Morgan fingerprint density at radius 3 is 2.34 bits per heavy atom. The third kappa shape index (κ3) is 7.64. The first-order valence-electron chi connectivity index (χ1n) is 11.5. The maximum Gasteiger partial charge on any atom is 0.325 e. The minimum absolute atomic E-state index is 0.0144. The second kappa shape index (κ2) is 14.1. The summed E-state index contributed by atoms with van der Waals surface area (Å²) in [6.45, 7) is 7.04. The fraction of sp³-hybridized carbons (Fsp3) is 0.870. The van der Waals surface area contributed by atoms with Crippen LogP contribution < -0.4 is 5.32 Å². The van der Waals surface area contributed by atoms with Crippen LogP contribution >= 0.6 is 12.2 Å². The lowest BCUT2D eigenvalue weighted by Crippen LogP contribution is -2.52. The van der Waals surface area contributed by atoms with Gasteiger partial charge in [0.15, 0.2) is 0 Å². The highest BCUT2D eigenvalue weighted by Gasteiger charge is 2.40. The molecule has 0 saturated carbocycles. The van der Waals surface area contributed by atoms with Gasteiger partial charge in [0.1, 0.15) is 6.54 Å². The second-order valence-electron chi connectivity index (χ2n) is 8.90. The summed E-state index contributed by atoms with van der Waals surface area (Å²) in [5.41, 5.74) is 0. The highest BCUT2D eigenvalue weighted by molar-refractivity contribution is 7.80. The Hall–Kier alpha value is -1.29. The van der Waals surface area contributed by atoms with Crippen molar-refractivity contribution in [2.45, 2.75) is 70.7 Å². The molecule has 0 aromatic rings. The summed E-state index contributed by atoms with van der Waals surface area (Å²) >= 11 is 5.49. The number of likely N-dealkylation sites (tertiary alicyclic amines) is 1. The average molecular weight is 474 g/mol. The number of methoxy groups -OCH3 is 3. The highest BCUT2D eigenvalue weighted by Crippen LogP contribution is 2.29. The molecule has 1 fully saturated rings. The number of carbonyl (C=O) groups excluding carboxylic acids is 2. The van der Waals surface area contributed by atoms with Crippen molar-refractivity contribution in [2.75, 3.05) is 48.5 Å². The number of nitrogens with zero attached hydrogens (tertiary/aromatic N) is 2. The molecule has 0 spiro atoms. The van der Waals surface area contributed by atoms with E-state index in [1.165, 1.54) is 7.11 Å². The van der Waals surface area contributed by atoms with E-state index in [4.69, 9.17) is 21.7 Å². The van der Waals surface area contributed by atoms with E-state index in [0.29, 0.717) is 23.9 Å². The third-order valence-electron chi connectivity index (χ3n) is 6.69. The largest absolute Gasteiger partial charge is 0.468 e. The average Bonchev–Trinajstić information content (AvgIpc) is 3.25. The van der Waals surface area contributed by atoms with Crippen LogP contribution in [0.25, 0.3) is 0 Å². The van der Waals surface area contributed by atoms with E-state index in [1.807, 2.05) is 25.9 Å². The smallest absolute Gasteiger partial charge is 0.325 e. The number of esters is 1. The van der Waals surface area contributed by atoms with Gasteiger partial charge in [-0.3, -0.25) is 9.59 Å². The molecule has 0 bridgehead atoms. The van der Waals surface area contributed by atoms with Gasteiger partial charge in [-0.25, -0.2) is 0 Å². The van der Waals surface area contributed by atoms with Crippen LogP contribution in [0.15, 0.2) is 0 Å². The van der Waals surface area contributed by atoms with Gasteiger partial charge in [0, 0.05) is 32.7 Å². The Morgan fingerprint density at radius 1 is 1.19 bits per heavy atom. The number of carbonyl (C=O) groups is 2. The Labute approximate surface area is 199 Å². The minimum Gasteiger partial charge on any atom is -0.468 e. The van der Waals surface area contributed by atoms with Gasteiger partial charge in [-0.05, 0) is 32.9 Å². The predicted octanol–water partition coefficient (Wildman–Crippen LogP) is 2.10. The molecular formula is C23H43N3O5S. The number of likely N-dealkylation sites (N-methyl/N-ethyl adjacent to an activating group) is 1. The van der Waals surface area contributed by atoms with Crippen LogP contribution in [0, 0.1) is 11.8 Å². The molecule has 186 valence electrons. The minimum atomic E-state index is -0.381. The van der Waals surface area contributed by atoms with Crippen molar-refractivity contribution < 1.29 is 23.8 Å². The van der Waals surface area contributed by atoms with Gasteiger partial charge >= 0.3 is 5.97 Å². The van der Waals surface area contributed by atoms with E-state index < -0.39 is 0 Å². The Balaban J connectivity index is 2.91. The van der Waals surface area contributed by atoms with Gasteiger partial charge in [-0.1, -0.05) is 39.4 Å². The molecule has 6 unspecified atom stereocenters. The first-order valence-corrected chi connectivity index (χ1v) is 11.9. The number of nitrogens with one attached hydrogen (secondary N) is 1. The molecule has 0 aromatic heterocycles. The molecule has 6 atom stereocenters. The quantitative estimate of drug-likeness (QED) is 0.322. The van der Waals surface area contributed by atoms with Gasteiger partial charge < -0.3 is 29.3 Å². The standard InChI is InChI=1S/C23H43N3O5S/c1-9-15(2)21(25(4)5)18(29-6)13-19(27)26-12-10-11-17(26)22(31-8)16(3)23(32)24-14-20(28)30-7/h15-18,21-22H,9-14H2,1-8H3,(H,24,32). The van der Waals surface area contributed by atoms with Crippen LogP contribution in [-0.2, 0) is 23.8 Å². The molecule has 8 nitrogen and oxygen atoms in total. The summed E-state index contributed by atoms with van der Waals surface area (Å²) < 4.78 is 16.3. The molecular weight excluding hydrogens is 430 g/mol. The molecule has 1 rings (SSSR count). The van der Waals surface area contributed by atoms with E-state index in [2.05, 4.69) is 28.8 Å². The van der Waals surface area contributed by atoms with Crippen LogP contribution in [0.4, 0.5) is 0 Å². The van der Waals surface area contributed by atoms with E-state index in [-0.39, 0.29) is 48.6 Å². The van der Waals surface area contributed by atoms with Crippen molar-refractivity contribution in [3.8, 4) is 0 Å². The van der Waals surface area contributed by atoms with Crippen molar-refractivity contribution in [1.29, 1.82) is 0 Å². The van der Waals surface area contributed by atoms with Crippen molar-refractivity contribution in [1.82, 2.24) is 15.1 Å². The predicted molar refractivity (Wildman–Crippen MR) is 130 cm³/mol. The number of hydrogen-bond donors (Lipinski definition) is 1. The number of rotatable bonds is 13. The number of thiocarbonyl (C=S) groups is 1. The molecule has 1 aliphatic heterocycles. The fourth-order valence-corrected chi connectivity index (χ4v) is 4.97. The van der Waals surface area contributed by atoms with Crippen LogP contribution in [0.2, 0.25) is 0 Å². The zero-order valence-corrected chi connectivity index (χ0v) is 21.9. The summed E-state index contributed by atoms with van der Waals surface area (Å²) in [5.74, 6) is -0.0567. The molecule has 0 radical (unpaired) electrons. The topological polar surface area (TPSA) is 80.3 Å². The molecule has 1 heterocycles. The first-order chi connectivity index (χ1) is 15.1. The maximum atomic E-state index is 13.4. The van der Waals surface area contributed by atoms with Gasteiger partial charge in [-0.2, -0.15) is 0 Å². The van der Waals surface area contributed by atoms with Gasteiger partial charge in [0.2, 0.25) is 5.91 Å². The molecule has 1 N–H and O–H groups in total. The normalized spacial score (nSPS) is 21.0. The second-order valence-corrected chi connectivity index (χ2v) is 9.34. The molecule has 1 saturated heterocycles. The summed E-state index contributed by atoms with van der Waals surface area (Å²) in [6, 6.07) is 0.0848. The van der Waals surface area contributed by atoms with Crippen molar-refractivity contribution >= 4 is 29.1 Å². The lowest BCUT2D eigenvalue weighted by molar-refractivity contribution is -0.139. The SMILES string of the molecule is CCC(C)C(C(CC(=O)N1CCCC1C(OC)C(C)C(=S)NCC(=O)OC)OC)N(C)C. The zero-order valence-electron chi connectivity index (χ0n) is 21.1.